The minimum Gasteiger partial charge on any atom is -0.462 e. The number of carbonyl (C=O) groups is 2. The highest BCUT2D eigenvalue weighted by Crippen LogP contribution is 2.21. The van der Waals surface area contributed by atoms with E-state index in [0.29, 0.717) is 12.1 Å². The fourth-order valence-corrected chi connectivity index (χ4v) is 3.57. The molecule has 2 heterocycles. The van der Waals surface area contributed by atoms with Crippen LogP contribution in [0.2, 0.25) is 0 Å². The van der Waals surface area contributed by atoms with Crippen molar-refractivity contribution < 1.29 is 19.1 Å². The first-order valence-electron chi connectivity index (χ1n) is 10.9. The average Bonchev–Trinajstić information content (AvgIpc) is 3.11. The predicted octanol–water partition coefficient (Wildman–Crippen LogP) is 4.17. The molecule has 168 valence electrons. The highest BCUT2D eigenvalue weighted by molar-refractivity contribution is 6.17. The van der Waals surface area contributed by atoms with Crippen molar-refractivity contribution >= 4 is 29.2 Å². The summed E-state index contributed by atoms with van der Waals surface area (Å²) >= 11 is 0. The van der Waals surface area contributed by atoms with Crippen LogP contribution in [-0.4, -0.2) is 39.7 Å². The van der Waals surface area contributed by atoms with Crippen molar-refractivity contribution in [3.63, 3.8) is 0 Å². The van der Waals surface area contributed by atoms with E-state index in [1.54, 1.807) is 13.8 Å². The number of hydrogen-bond acceptors (Lipinski definition) is 6. The van der Waals surface area contributed by atoms with Crippen molar-refractivity contribution in [2.24, 2.45) is 0 Å². The molecule has 3 rings (SSSR count). The largest absolute Gasteiger partial charge is 0.462 e. The fraction of sp³-hybridized carbons (Fsp3) is 0.360. The van der Waals surface area contributed by atoms with Crippen LogP contribution >= 0.6 is 0 Å². The quantitative estimate of drug-likeness (QED) is 0.229. The zero-order chi connectivity index (χ0) is 23.3. The number of hydrogen-bond donors (Lipinski definition) is 0. The van der Waals surface area contributed by atoms with E-state index < -0.39 is 11.9 Å². The van der Waals surface area contributed by atoms with Crippen molar-refractivity contribution in [1.29, 1.82) is 0 Å². The van der Waals surface area contributed by atoms with Gasteiger partial charge in [-0.15, -0.1) is 0 Å². The Hall–Kier alpha value is -3.48. The number of fused-ring (bicyclic) bond motifs is 1. The van der Waals surface area contributed by atoms with E-state index in [2.05, 4.69) is 18.4 Å². The SMILES string of the molecule is CCOC(=O)C(=Cc1ccc(Cn2c(CC)nc3c(C)cc(C)nc32)cc1)C(=O)OCC. The average molecular weight is 436 g/mol. The molecule has 0 aliphatic rings. The maximum atomic E-state index is 12.2. The van der Waals surface area contributed by atoms with E-state index in [9.17, 15) is 9.59 Å². The molecule has 0 saturated heterocycles. The zero-order valence-electron chi connectivity index (χ0n) is 19.3. The summed E-state index contributed by atoms with van der Waals surface area (Å²) in [5.41, 5.74) is 5.55. The first-order chi connectivity index (χ1) is 15.4. The first-order valence-corrected chi connectivity index (χ1v) is 10.9. The summed E-state index contributed by atoms with van der Waals surface area (Å²) in [6.07, 6.45) is 2.30. The Morgan fingerprint density at radius 3 is 2.16 bits per heavy atom. The number of aromatic nitrogens is 3. The van der Waals surface area contributed by atoms with Gasteiger partial charge in [-0.05, 0) is 56.5 Å². The zero-order valence-corrected chi connectivity index (χ0v) is 19.3. The van der Waals surface area contributed by atoms with Crippen LogP contribution in [0, 0.1) is 13.8 Å². The van der Waals surface area contributed by atoms with Crippen molar-refractivity contribution in [3.05, 3.63) is 64.1 Å². The van der Waals surface area contributed by atoms with Crippen LogP contribution in [0.1, 0.15) is 49.0 Å². The molecule has 32 heavy (non-hydrogen) atoms. The van der Waals surface area contributed by atoms with Gasteiger partial charge in [0, 0.05) is 12.1 Å². The summed E-state index contributed by atoms with van der Waals surface area (Å²) in [5.74, 6) is -0.397. The number of imidazole rings is 1. The lowest BCUT2D eigenvalue weighted by Crippen LogP contribution is -2.18. The Bertz CT molecular complexity index is 1140. The van der Waals surface area contributed by atoms with Gasteiger partial charge >= 0.3 is 11.9 Å². The van der Waals surface area contributed by atoms with Crippen molar-refractivity contribution in [2.45, 2.75) is 47.6 Å². The van der Waals surface area contributed by atoms with Gasteiger partial charge in [-0.2, -0.15) is 0 Å². The molecule has 0 unspecified atom stereocenters. The van der Waals surface area contributed by atoms with Gasteiger partial charge in [-0.1, -0.05) is 31.2 Å². The molecule has 0 bridgehead atoms. The van der Waals surface area contributed by atoms with E-state index in [1.165, 1.54) is 6.08 Å². The molecule has 7 heteroatoms. The molecular formula is C25H29N3O4. The number of nitrogens with zero attached hydrogens (tertiary/aromatic N) is 3. The van der Waals surface area contributed by atoms with Crippen LogP contribution in [0.4, 0.5) is 0 Å². The molecule has 0 atom stereocenters. The van der Waals surface area contributed by atoms with Crippen LogP contribution in [-0.2, 0) is 32.0 Å². The molecule has 0 aliphatic heterocycles. The second-order valence-corrected chi connectivity index (χ2v) is 7.46. The summed E-state index contributed by atoms with van der Waals surface area (Å²) in [6.45, 7) is 10.5. The summed E-state index contributed by atoms with van der Waals surface area (Å²) in [4.78, 5) is 33.9. The topological polar surface area (TPSA) is 83.3 Å². The Kier molecular flexibility index (Phi) is 7.41. The highest BCUT2D eigenvalue weighted by atomic mass is 16.6. The van der Waals surface area contributed by atoms with Crippen molar-refractivity contribution in [2.75, 3.05) is 13.2 Å². The van der Waals surface area contributed by atoms with Gasteiger partial charge in [0.05, 0.1) is 19.8 Å². The smallest absolute Gasteiger partial charge is 0.345 e. The molecule has 0 saturated carbocycles. The summed E-state index contributed by atoms with van der Waals surface area (Å²) in [5, 5.41) is 0. The lowest BCUT2D eigenvalue weighted by molar-refractivity contribution is -0.146. The van der Waals surface area contributed by atoms with Gasteiger partial charge < -0.3 is 14.0 Å². The number of pyridine rings is 1. The number of carbonyl (C=O) groups excluding carboxylic acids is 2. The molecule has 7 nitrogen and oxygen atoms in total. The monoisotopic (exact) mass is 435 g/mol. The summed E-state index contributed by atoms with van der Waals surface area (Å²) in [7, 11) is 0. The number of ether oxygens (including phenoxy) is 2. The normalized spacial score (nSPS) is 10.8. The van der Waals surface area contributed by atoms with Crippen LogP contribution < -0.4 is 0 Å². The third-order valence-electron chi connectivity index (χ3n) is 5.04. The number of esters is 2. The second-order valence-electron chi connectivity index (χ2n) is 7.46. The van der Waals surface area contributed by atoms with Crippen molar-refractivity contribution in [3.8, 4) is 0 Å². The maximum Gasteiger partial charge on any atom is 0.345 e. The molecule has 3 aromatic rings. The van der Waals surface area contributed by atoms with E-state index >= 15 is 0 Å². The number of aryl methyl sites for hydroxylation is 3. The molecule has 0 spiro atoms. The Morgan fingerprint density at radius 2 is 1.59 bits per heavy atom. The summed E-state index contributed by atoms with van der Waals surface area (Å²) in [6, 6.07) is 9.71. The third-order valence-corrected chi connectivity index (χ3v) is 5.04. The minimum atomic E-state index is -0.690. The van der Waals surface area contributed by atoms with E-state index in [1.807, 2.05) is 37.3 Å². The number of benzene rings is 1. The maximum absolute atomic E-state index is 12.2. The van der Waals surface area contributed by atoms with Gasteiger partial charge in [0.1, 0.15) is 16.9 Å². The van der Waals surface area contributed by atoms with Gasteiger partial charge in [-0.25, -0.2) is 19.6 Å². The molecule has 1 aromatic carbocycles. The third kappa shape index (κ3) is 5.04. The van der Waals surface area contributed by atoms with Crippen LogP contribution in [0.25, 0.3) is 17.2 Å². The standard InChI is InChI=1S/C25H29N3O4/c1-6-21-27-22-16(4)13-17(5)26-23(22)28(21)15-19-11-9-18(10-12-19)14-20(24(29)31-7-2)25(30)32-8-3/h9-14H,6-8,15H2,1-5H3. The molecule has 0 fully saturated rings. The summed E-state index contributed by atoms with van der Waals surface area (Å²) < 4.78 is 12.1. The minimum absolute atomic E-state index is 0.120. The van der Waals surface area contributed by atoms with Gasteiger partial charge in [0.25, 0.3) is 0 Å². The Labute approximate surface area is 188 Å². The molecule has 2 aromatic heterocycles. The lowest BCUT2D eigenvalue weighted by Gasteiger charge is -2.09. The van der Waals surface area contributed by atoms with Crippen molar-refractivity contribution in [1.82, 2.24) is 14.5 Å². The fourth-order valence-electron chi connectivity index (χ4n) is 3.57. The van der Waals surface area contributed by atoms with Gasteiger partial charge in [0.2, 0.25) is 0 Å². The lowest BCUT2D eigenvalue weighted by atomic mass is 10.1. The second kappa shape index (κ2) is 10.2. The van der Waals surface area contributed by atoms with Gasteiger partial charge in [-0.3, -0.25) is 0 Å². The first kappa shape index (κ1) is 23.2. The van der Waals surface area contributed by atoms with Crippen LogP contribution in [0.15, 0.2) is 35.9 Å². The Balaban J connectivity index is 1.91. The predicted molar refractivity (Wildman–Crippen MR) is 123 cm³/mol. The van der Waals surface area contributed by atoms with Crippen LogP contribution in [0.3, 0.4) is 0 Å². The van der Waals surface area contributed by atoms with E-state index in [0.717, 1.165) is 40.2 Å². The molecular weight excluding hydrogens is 406 g/mol. The molecule has 0 aliphatic carbocycles. The van der Waals surface area contributed by atoms with E-state index in [-0.39, 0.29) is 18.8 Å². The molecule has 0 amide bonds. The van der Waals surface area contributed by atoms with Gasteiger partial charge in [0.15, 0.2) is 5.65 Å². The Morgan fingerprint density at radius 1 is 0.969 bits per heavy atom. The molecule has 0 N–H and O–H groups in total. The van der Waals surface area contributed by atoms with E-state index in [4.69, 9.17) is 19.4 Å². The highest BCUT2D eigenvalue weighted by Gasteiger charge is 2.21. The number of rotatable bonds is 8. The molecule has 0 radical (unpaired) electrons. The van der Waals surface area contributed by atoms with Crippen LogP contribution in [0.5, 0.6) is 0 Å².